The number of anilines is 1. The highest BCUT2D eigenvalue weighted by Gasteiger charge is 2.34. The minimum Gasteiger partial charge on any atom is -0.361 e. The standard InChI is InChI=1S/C17H26FN3S/c1-13-7-8-14(11-15(13)18)20-16(22)19-12-17(21(2)3)9-5-4-6-10-17/h7-8,11H,4-6,9-10,12H2,1-3H3,(H2,19,20,22). The highest BCUT2D eigenvalue weighted by atomic mass is 32.1. The third-order valence-corrected chi connectivity index (χ3v) is 4.99. The van der Waals surface area contributed by atoms with Crippen molar-refractivity contribution in [1.82, 2.24) is 10.2 Å². The summed E-state index contributed by atoms with van der Waals surface area (Å²) >= 11 is 5.35. The molecule has 1 aliphatic rings. The van der Waals surface area contributed by atoms with E-state index in [-0.39, 0.29) is 11.4 Å². The van der Waals surface area contributed by atoms with Crippen LogP contribution < -0.4 is 10.6 Å². The zero-order valence-corrected chi connectivity index (χ0v) is 14.5. The van der Waals surface area contributed by atoms with Crippen LogP contribution in [0.1, 0.15) is 37.7 Å². The Kier molecular flexibility index (Phi) is 5.75. The van der Waals surface area contributed by atoms with Crippen molar-refractivity contribution in [3.63, 3.8) is 0 Å². The second-order valence-corrected chi connectivity index (χ2v) is 6.86. The SMILES string of the molecule is Cc1ccc(NC(=S)NCC2(N(C)C)CCCCC2)cc1F. The number of thiocarbonyl (C=S) groups is 1. The van der Waals surface area contributed by atoms with Gasteiger partial charge in [-0.3, -0.25) is 0 Å². The van der Waals surface area contributed by atoms with Crippen molar-refractivity contribution in [2.24, 2.45) is 0 Å². The van der Waals surface area contributed by atoms with Crippen LogP contribution >= 0.6 is 12.2 Å². The van der Waals surface area contributed by atoms with E-state index < -0.39 is 0 Å². The molecule has 0 radical (unpaired) electrons. The number of hydrogen-bond acceptors (Lipinski definition) is 2. The Morgan fingerprint density at radius 3 is 2.55 bits per heavy atom. The molecule has 122 valence electrons. The van der Waals surface area contributed by atoms with Crippen molar-refractivity contribution in [1.29, 1.82) is 0 Å². The summed E-state index contributed by atoms with van der Waals surface area (Å²) in [5.41, 5.74) is 1.49. The predicted molar refractivity (Wildman–Crippen MR) is 94.9 cm³/mol. The maximum atomic E-state index is 13.6. The van der Waals surface area contributed by atoms with Gasteiger partial charge in [0.25, 0.3) is 0 Å². The second-order valence-electron chi connectivity index (χ2n) is 6.45. The van der Waals surface area contributed by atoms with Crippen LogP contribution in [0.4, 0.5) is 10.1 Å². The van der Waals surface area contributed by atoms with E-state index in [1.807, 2.05) is 6.07 Å². The summed E-state index contributed by atoms with van der Waals surface area (Å²) in [5, 5.41) is 6.93. The summed E-state index contributed by atoms with van der Waals surface area (Å²) in [6, 6.07) is 5.07. The fraction of sp³-hybridized carbons (Fsp3) is 0.588. The molecule has 0 aromatic heterocycles. The quantitative estimate of drug-likeness (QED) is 0.827. The van der Waals surface area contributed by atoms with Gasteiger partial charge in [-0.05, 0) is 63.8 Å². The summed E-state index contributed by atoms with van der Waals surface area (Å²) in [4.78, 5) is 2.31. The molecule has 3 nitrogen and oxygen atoms in total. The van der Waals surface area contributed by atoms with Crippen molar-refractivity contribution in [2.45, 2.75) is 44.6 Å². The average Bonchev–Trinajstić information content (AvgIpc) is 2.50. The van der Waals surface area contributed by atoms with E-state index in [0.29, 0.717) is 16.4 Å². The lowest BCUT2D eigenvalue weighted by Gasteiger charge is -2.43. The van der Waals surface area contributed by atoms with Gasteiger partial charge in [-0.2, -0.15) is 0 Å². The molecule has 2 N–H and O–H groups in total. The number of nitrogens with zero attached hydrogens (tertiary/aromatic N) is 1. The first-order chi connectivity index (χ1) is 10.4. The number of benzene rings is 1. The molecule has 0 heterocycles. The zero-order chi connectivity index (χ0) is 16.2. The van der Waals surface area contributed by atoms with Gasteiger partial charge in [-0.15, -0.1) is 0 Å². The van der Waals surface area contributed by atoms with Crippen molar-refractivity contribution < 1.29 is 4.39 Å². The number of nitrogens with one attached hydrogen (secondary N) is 2. The van der Waals surface area contributed by atoms with Gasteiger partial charge in [0, 0.05) is 17.8 Å². The largest absolute Gasteiger partial charge is 0.361 e. The van der Waals surface area contributed by atoms with E-state index in [2.05, 4.69) is 29.6 Å². The van der Waals surface area contributed by atoms with Crippen LogP contribution in [0.5, 0.6) is 0 Å². The normalized spacial score (nSPS) is 17.3. The Balaban J connectivity index is 1.92. The van der Waals surface area contributed by atoms with Crippen LogP contribution in [0.15, 0.2) is 18.2 Å². The molecule has 1 aliphatic carbocycles. The molecule has 1 aromatic carbocycles. The molecule has 0 saturated heterocycles. The highest BCUT2D eigenvalue weighted by molar-refractivity contribution is 7.80. The molecule has 0 atom stereocenters. The van der Waals surface area contributed by atoms with Gasteiger partial charge in [0.1, 0.15) is 5.82 Å². The third kappa shape index (κ3) is 4.17. The lowest BCUT2D eigenvalue weighted by molar-refractivity contribution is 0.104. The molecule has 0 amide bonds. The summed E-state index contributed by atoms with van der Waals surface area (Å²) in [6.07, 6.45) is 6.23. The van der Waals surface area contributed by atoms with Crippen LogP contribution in [0.2, 0.25) is 0 Å². The Morgan fingerprint density at radius 2 is 1.95 bits per heavy atom. The molecule has 1 aromatic rings. The molecular weight excluding hydrogens is 297 g/mol. The smallest absolute Gasteiger partial charge is 0.170 e. The van der Waals surface area contributed by atoms with Gasteiger partial charge in [0.05, 0.1) is 0 Å². The summed E-state index contributed by atoms with van der Waals surface area (Å²) < 4.78 is 13.6. The summed E-state index contributed by atoms with van der Waals surface area (Å²) in [6.45, 7) is 2.57. The molecule has 1 fully saturated rings. The Hall–Kier alpha value is -1.20. The number of likely N-dealkylation sites (N-methyl/N-ethyl adjacent to an activating group) is 1. The topological polar surface area (TPSA) is 27.3 Å². The van der Waals surface area contributed by atoms with Gasteiger partial charge in [0.15, 0.2) is 5.11 Å². The molecule has 0 unspecified atom stereocenters. The molecular formula is C17H26FN3S. The predicted octanol–water partition coefficient (Wildman–Crippen LogP) is 3.69. The molecule has 0 aliphatic heterocycles. The molecule has 2 rings (SSSR count). The first kappa shape index (κ1) is 17.2. The number of hydrogen-bond donors (Lipinski definition) is 2. The second kappa shape index (κ2) is 7.38. The Morgan fingerprint density at radius 1 is 1.27 bits per heavy atom. The lowest BCUT2D eigenvalue weighted by atomic mass is 9.80. The van der Waals surface area contributed by atoms with Gasteiger partial charge in [0.2, 0.25) is 0 Å². The molecule has 1 saturated carbocycles. The summed E-state index contributed by atoms with van der Waals surface area (Å²) in [5.74, 6) is -0.218. The maximum absolute atomic E-state index is 13.6. The Bertz CT molecular complexity index is 525. The molecule has 5 heteroatoms. The average molecular weight is 323 g/mol. The minimum atomic E-state index is -0.218. The summed E-state index contributed by atoms with van der Waals surface area (Å²) in [7, 11) is 4.28. The van der Waals surface area contributed by atoms with Gasteiger partial charge in [-0.25, -0.2) is 4.39 Å². The van der Waals surface area contributed by atoms with E-state index in [1.165, 1.54) is 38.2 Å². The van der Waals surface area contributed by atoms with Gasteiger partial charge in [-0.1, -0.05) is 25.3 Å². The van der Waals surface area contributed by atoms with Gasteiger partial charge >= 0.3 is 0 Å². The van der Waals surface area contributed by atoms with Crippen LogP contribution in [0.3, 0.4) is 0 Å². The minimum absolute atomic E-state index is 0.169. The van der Waals surface area contributed by atoms with Crippen molar-refractivity contribution in [3.8, 4) is 0 Å². The van der Waals surface area contributed by atoms with E-state index in [0.717, 1.165) is 6.54 Å². The monoisotopic (exact) mass is 323 g/mol. The van der Waals surface area contributed by atoms with Gasteiger partial charge < -0.3 is 15.5 Å². The molecule has 22 heavy (non-hydrogen) atoms. The van der Waals surface area contributed by atoms with E-state index >= 15 is 0 Å². The van der Waals surface area contributed by atoms with Crippen LogP contribution in [0, 0.1) is 12.7 Å². The van der Waals surface area contributed by atoms with Crippen LogP contribution in [-0.4, -0.2) is 36.2 Å². The van der Waals surface area contributed by atoms with Crippen LogP contribution in [0.25, 0.3) is 0 Å². The Labute approximate surface area is 138 Å². The zero-order valence-electron chi connectivity index (χ0n) is 13.7. The van der Waals surface area contributed by atoms with Crippen molar-refractivity contribution in [3.05, 3.63) is 29.6 Å². The fourth-order valence-corrected chi connectivity index (χ4v) is 3.27. The van der Waals surface area contributed by atoms with Crippen LogP contribution in [-0.2, 0) is 0 Å². The fourth-order valence-electron chi connectivity index (χ4n) is 3.08. The maximum Gasteiger partial charge on any atom is 0.170 e. The first-order valence-corrected chi connectivity index (χ1v) is 8.32. The van der Waals surface area contributed by atoms with Crippen molar-refractivity contribution in [2.75, 3.05) is 26.0 Å². The van der Waals surface area contributed by atoms with E-state index in [4.69, 9.17) is 12.2 Å². The third-order valence-electron chi connectivity index (χ3n) is 4.74. The lowest BCUT2D eigenvalue weighted by Crippen LogP contribution is -2.54. The number of rotatable bonds is 4. The molecule has 0 bridgehead atoms. The number of halogens is 1. The van der Waals surface area contributed by atoms with E-state index in [9.17, 15) is 4.39 Å². The highest BCUT2D eigenvalue weighted by Crippen LogP contribution is 2.31. The van der Waals surface area contributed by atoms with Crippen molar-refractivity contribution >= 4 is 23.0 Å². The van der Waals surface area contributed by atoms with E-state index in [1.54, 1.807) is 13.0 Å². The molecule has 0 spiro atoms. The number of aryl methyl sites for hydroxylation is 1. The first-order valence-electron chi connectivity index (χ1n) is 7.91.